The van der Waals surface area contributed by atoms with Gasteiger partial charge in [0.05, 0.1) is 10.9 Å². The Hall–Kier alpha value is -3.38. The molecule has 2 N–H and O–H groups in total. The van der Waals surface area contributed by atoms with Crippen molar-refractivity contribution in [3.8, 4) is 11.5 Å². The fourth-order valence-corrected chi connectivity index (χ4v) is 3.06. The molecular formula is C24H20BrNO4. The Balaban J connectivity index is 1.68. The van der Waals surface area contributed by atoms with Crippen LogP contribution in [0.4, 0.5) is 0 Å². The lowest BCUT2D eigenvalue weighted by Crippen LogP contribution is -2.28. The van der Waals surface area contributed by atoms with Crippen molar-refractivity contribution < 1.29 is 19.4 Å². The lowest BCUT2D eigenvalue weighted by Gasteiger charge is -2.09. The average Bonchev–Trinajstić information content (AvgIpc) is 2.72. The predicted octanol–water partition coefficient (Wildman–Crippen LogP) is 5.33. The number of rotatable bonds is 7. The third-order valence-electron chi connectivity index (χ3n) is 4.25. The van der Waals surface area contributed by atoms with Gasteiger partial charge in [-0.05, 0) is 64.3 Å². The number of carboxylic acids is 1. The molecule has 0 spiro atoms. The Morgan fingerprint density at radius 1 is 1.00 bits per heavy atom. The number of carbonyl (C=O) groups is 2. The molecule has 0 heterocycles. The molecule has 0 atom stereocenters. The topological polar surface area (TPSA) is 75.6 Å². The summed E-state index contributed by atoms with van der Waals surface area (Å²) in [7, 11) is 0. The van der Waals surface area contributed by atoms with Crippen LogP contribution in [0.3, 0.4) is 0 Å². The number of hydrogen-bond acceptors (Lipinski definition) is 3. The van der Waals surface area contributed by atoms with Crippen molar-refractivity contribution in [1.82, 2.24) is 5.32 Å². The van der Waals surface area contributed by atoms with Crippen molar-refractivity contribution in [3.05, 3.63) is 99.7 Å². The number of hydrogen-bond donors (Lipinski definition) is 2. The second-order valence-electron chi connectivity index (χ2n) is 6.68. The maximum absolute atomic E-state index is 12.3. The molecule has 0 radical (unpaired) electrons. The molecule has 0 saturated carbocycles. The minimum atomic E-state index is -1.21. The standard InChI is InChI=1S/C24H20BrNO4/c1-16-6-8-18(9-7-16)15-23(27)26-21(24(28)29)14-17-10-12-19(13-11-17)30-22-5-3-2-4-20(22)25/h2-14H,15H2,1H3,(H,26,27)(H,28,29)/b21-14+. The van der Waals surface area contributed by atoms with E-state index in [9.17, 15) is 14.7 Å². The third kappa shape index (κ3) is 6.06. The number of para-hydroxylation sites is 1. The van der Waals surface area contributed by atoms with E-state index in [1.807, 2.05) is 55.5 Å². The Labute approximate surface area is 183 Å². The first-order chi connectivity index (χ1) is 14.4. The number of carboxylic acid groups (broad SMARTS) is 1. The van der Waals surface area contributed by atoms with Crippen LogP contribution in [0.15, 0.2) is 83.0 Å². The van der Waals surface area contributed by atoms with Gasteiger partial charge in [-0.15, -0.1) is 0 Å². The molecule has 0 aromatic heterocycles. The van der Waals surface area contributed by atoms with Gasteiger partial charge in [-0.3, -0.25) is 4.79 Å². The molecule has 0 aliphatic rings. The van der Waals surface area contributed by atoms with E-state index in [-0.39, 0.29) is 18.0 Å². The zero-order chi connectivity index (χ0) is 21.5. The maximum atomic E-state index is 12.3. The van der Waals surface area contributed by atoms with E-state index in [2.05, 4.69) is 21.2 Å². The van der Waals surface area contributed by atoms with Crippen molar-refractivity contribution >= 4 is 33.9 Å². The number of aliphatic carboxylic acids is 1. The lowest BCUT2D eigenvalue weighted by molar-refractivity contribution is -0.134. The number of carbonyl (C=O) groups excluding carboxylic acids is 1. The molecule has 3 aromatic carbocycles. The van der Waals surface area contributed by atoms with Crippen molar-refractivity contribution in [2.45, 2.75) is 13.3 Å². The molecule has 30 heavy (non-hydrogen) atoms. The summed E-state index contributed by atoms with van der Waals surface area (Å²) < 4.78 is 6.63. The summed E-state index contributed by atoms with van der Waals surface area (Å²) in [5.74, 6) is -0.308. The van der Waals surface area contributed by atoms with Crippen molar-refractivity contribution in [3.63, 3.8) is 0 Å². The number of aryl methyl sites for hydroxylation is 1. The SMILES string of the molecule is Cc1ccc(CC(=O)N/C(=C/c2ccc(Oc3ccccc3Br)cc2)C(=O)O)cc1. The van der Waals surface area contributed by atoms with Gasteiger partial charge in [-0.2, -0.15) is 0 Å². The second kappa shape index (κ2) is 9.89. The van der Waals surface area contributed by atoms with E-state index in [4.69, 9.17) is 4.74 Å². The fraction of sp³-hybridized carbons (Fsp3) is 0.0833. The first kappa shape index (κ1) is 21.3. The van der Waals surface area contributed by atoms with Crippen LogP contribution in [-0.4, -0.2) is 17.0 Å². The summed E-state index contributed by atoms with van der Waals surface area (Å²) in [5, 5.41) is 11.9. The highest BCUT2D eigenvalue weighted by molar-refractivity contribution is 9.10. The van der Waals surface area contributed by atoms with Crippen LogP contribution in [0.2, 0.25) is 0 Å². The minimum absolute atomic E-state index is 0.101. The summed E-state index contributed by atoms with van der Waals surface area (Å²) >= 11 is 3.43. The van der Waals surface area contributed by atoms with Crippen LogP contribution in [0.5, 0.6) is 11.5 Å². The van der Waals surface area contributed by atoms with Gasteiger partial charge in [0, 0.05) is 0 Å². The van der Waals surface area contributed by atoms with Gasteiger partial charge in [0.2, 0.25) is 5.91 Å². The number of nitrogens with one attached hydrogen (secondary N) is 1. The molecule has 0 aliphatic carbocycles. The van der Waals surface area contributed by atoms with E-state index in [0.29, 0.717) is 17.1 Å². The molecule has 0 aliphatic heterocycles. The first-order valence-corrected chi connectivity index (χ1v) is 10.0. The molecule has 1 amide bonds. The fourth-order valence-electron chi connectivity index (χ4n) is 2.69. The molecule has 0 fully saturated rings. The summed E-state index contributed by atoms with van der Waals surface area (Å²) in [6.45, 7) is 1.96. The monoisotopic (exact) mass is 465 g/mol. The number of benzene rings is 3. The highest BCUT2D eigenvalue weighted by Crippen LogP contribution is 2.29. The van der Waals surface area contributed by atoms with Crippen LogP contribution in [0.1, 0.15) is 16.7 Å². The molecule has 5 nitrogen and oxygen atoms in total. The maximum Gasteiger partial charge on any atom is 0.352 e. The number of amides is 1. The minimum Gasteiger partial charge on any atom is -0.477 e. The highest BCUT2D eigenvalue weighted by atomic mass is 79.9. The zero-order valence-electron chi connectivity index (χ0n) is 16.3. The second-order valence-corrected chi connectivity index (χ2v) is 7.53. The van der Waals surface area contributed by atoms with Crippen molar-refractivity contribution in [2.24, 2.45) is 0 Å². The van der Waals surface area contributed by atoms with Crippen LogP contribution >= 0.6 is 15.9 Å². The lowest BCUT2D eigenvalue weighted by atomic mass is 10.1. The Bertz CT molecular complexity index is 1070. The quantitative estimate of drug-likeness (QED) is 0.462. The normalized spacial score (nSPS) is 11.1. The Morgan fingerprint density at radius 3 is 2.30 bits per heavy atom. The van der Waals surface area contributed by atoms with E-state index in [1.54, 1.807) is 24.3 Å². The Morgan fingerprint density at radius 2 is 1.67 bits per heavy atom. The Kier molecular flexibility index (Phi) is 7.03. The largest absolute Gasteiger partial charge is 0.477 e. The summed E-state index contributed by atoms with van der Waals surface area (Å²) in [6, 6.07) is 21.9. The van der Waals surface area contributed by atoms with Gasteiger partial charge in [-0.1, -0.05) is 54.1 Å². The van der Waals surface area contributed by atoms with E-state index in [0.717, 1.165) is 15.6 Å². The molecule has 0 bridgehead atoms. The summed E-state index contributed by atoms with van der Waals surface area (Å²) in [6.07, 6.45) is 1.52. The van der Waals surface area contributed by atoms with Crippen LogP contribution in [-0.2, 0) is 16.0 Å². The van der Waals surface area contributed by atoms with Gasteiger partial charge >= 0.3 is 5.97 Å². The van der Waals surface area contributed by atoms with E-state index < -0.39 is 5.97 Å². The molecule has 6 heteroatoms. The van der Waals surface area contributed by atoms with Gasteiger partial charge < -0.3 is 15.2 Å². The smallest absolute Gasteiger partial charge is 0.352 e. The van der Waals surface area contributed by atoms with Gasteiger partial charge in [0.15, 0.2) is 0 Å². The number of halogens is 1. The van der Waals surface area contributed by atoms with Crippen molar-refractivity contribution in [2.75, 3.05) is 0 Å². The molecule has 0 unspecified atom stereocenters. The van der Waals surface area contributed by atoms with Crippen LogP contribution < -0.4 is 10.1 Å². The molecular weight excluding hydrogens is 446 g/mol. The summed E-state index contributed by atoms with van der Waals surface area (Å²) in [5.41, 5.74) is 2.35. The van der Waals surface area contributed by atoms with Crippen LogP contribution in [0, 0.1) is 6.92 Å². The highest BCUT2D eigenvalue weighted by Gasteiger charge is 2.12. The van der Waals surface area contributed by atoms with E-state index in [1.165, 1.54) is 6.08 Å². The average molecular weight is 466 g/mol. The van der Waals surface area contributed by atoms with Gasteiger partial charge in [0.25, 0.3) is 0 Å². The number of ether oxygens (including phenoxy) is 1. The van der Waals surface area contributed by atoms with Gasteiger partial charge in [0.1, 0.15) is 17.2 Å². The first-order valence-electron chi connectivity index (χ1n) is 9.23. The third-order valence-corrected chi connectivity index (χ3v) is 4.90. The molecule has 3 rings (SSSR count). The molecule has 0 saturated heterocycles. The van der Waals surface area contributed by atoms with Crippen LogP contribution in [0.25, 0.3) is 6.08 Å². The zero-order valence-corrected chi connectivity index (χ0v) is 17.8. The molecule has 3 aromatic rings. The predicted molar refractivity (Wildman–Crippen MR) is 119 cm³/mol. The van der Waals surface area contributed by atoms with E-state index >= 15 is 0 Å². The van der Waals surface area contributed by atoms with Gasteiger partial charge in [-0.25, -0.2) is 4.79 Å². The summed E-state index contributed by atoms with van der Waals surface area (Å²) in [4.78, 5) is 23.8. The van der Waals surface area contributed by atoms with Crippen molar-refractivity contribution in [1.29, 1.82) is 0 Å². The molecule has 152 valence electrons.